The molecule has 0 spiro atoms. The zero-order chi connectivity index (χ0) is 8.97. The van der Waals surface area contributed by atoms with Crippen LogP contribution in [0.15, 0.2) is 11.8 Å². The maximum Gasteiger partial charge on any atom is 0.334 e. The minimum absolute atomic E-state index is 0.241. The van der Waals surface area contributed by atoms with Crippen LogP contribution in [0.4, 0.5) is 0 Å². The number of hydrogen-bond donors (Lipinski definition) is 0. The van der Waals surface area contributed by atoms with Crippen molar-refractivity contribution in [1.29, 1.82) is 0 Å². The molecule has 0 amide bonds. The van der Waals surface area contributed by atoms with Crippen molar-refractivity contribution in [2.24, 2.45) is 0 Å². The van der Waals surface area contributed by atoms with Gasteiger partial charge in [0.15, 0.2) is 0 Å². The van der Waals surface area contributed by atoms with Gasteiger partial charge in [0.2, 0.25) is 0 Å². The first-order chi connectivity index (χ1) is 5.72. The number of carbonyl (C=O) groups is 1. The van der Waals surface area contributed by atoms with E-state index in [4.69, 9.17) is 9.47 Å². The van der Waals surface area contributed by atoms with Crippen molar-refractivity contribution in [3.63, 3.8) is 0 Å². The Balaban J connectivity index is 2.41. The molecule has 1 rings (SSSR count). The lowest BCUT2D eigenvalue weighted by molar-refractivity contribution is -0.137. The van der Waals surface area contributed by atoms with E-state index in [0.29, 0.717) is 6.61 Å². The monoisotopic (exact) mass is 170 g/mol. The van der Waals surface area contributed by atoms with Crippen LogP contribution in [-0.2, 0) is 14.3 Å². The van der Waals surface area contributed by atoms with Gasteiger partial charge >= 0.3 is 5.97 Å². The Bertz CT molecular complexity index is 196. The van der Waals surface area contributed by atoms with Gasteiger partial charge in [-0.15, -0.1) is 0 Å². The fourth-order valence-corrected chi connectivity index (χ4v) is 1.14. The van der Waals surface area contributed by atoms with E-state index in [2.05, 4.69) is 0 Å². The van der Waals surface area contributed by atoms with E-state index in [-0.39, 0.29) is 12.1 Å². The molecule has 68 valence electrons. The summed E-state index contributed by atoms with van der Waals surface area (Å²) in [6.07, 6.45) is 3.52. The predicted molar refractivity (Wildman–Crippen MR) is 44.5 cm³/mol. The fraction of sp³-hybridized carbons (Fsp3) is 0.667. The highest BCUT2D eigenvalue weighted by atomic mass is 16.5. The van der Waals surface area contributed by atoms with Gasteiger partial charge in [0.05, 0.1) is 18.8 Å². The molecule has 1 saturated heterocycles. The second-order valence-corrected chi connectivity index (χ2v) is 2.83. The molecule has 3 heteroatoms. The minimum Gasteiger partial charge on any atom is -0.495 e. The standard InChI is InChI=1S/C9H14O3/c1-3-11-9(10)6-8-5-4-7(2)12-8/h6-7H,3-5H2,1-2H3/b8-6+/t7-/m0/s1. The first-order valence-electron chi connectivity index (χ1n) is 4.26. The van der Waals surface area contributed by atoms with Gasteiger partial charge in [-0.2, -0.15) is 0 Å². The normalized spacial score (nSPS) is 25.5. The number of hydrogen-bond acceptors (Lipinski definition) is 3. The molecule has 12 heavy (non-hydrogen) atoms. The number of carbonyl (C=O) groups excluding carboxylic acids is 1. The number of ether oxygens (including phenoxy) is 2. The van der Waals surface area contributed by atoms with Crippen LogP contribution in [0.3, 0.4) is 0 Å². The van der Waals surface area contributed by atoms with Crippen LogP contribution in [0.25, 0.3) is 0 Å². The van der Waals surface area contributed by atoms with Crippen molar-refractivity contribution >= 4 is 5.97 Å². The van der Waals surface area contributed by atoms with E-state index in [1.54, 1.807) is 6.92 Å². The summed E-state index contributed by atoms with van der Waals surface area (Å²) in [5.74, 6) is 0.447. The zero-order valence-corrected chi connectivity index (χ0v) is 7.50. The third-order valence-corrected chi connectivity index (χ3v) is 1.72. The van der Waals surface area contributed by atoms with E-state index in [9.17, 15) is 4.79 Å². The Labute approximate surface area is 72.4 Å². The van der Waals surface area contributed by atoms with Gasteiger partial charge in [-0.05, 0) is 20.3 Å². The van der Waals surface area contributed by atoms with Crippen molar-refractivity contribution < 1.29 is 14.3 Å². The molecule has 1 aliphatic rings. The summed E-state index contributed by atoms with van der Waals surface area (Å²) in [6.45, 7) is 4.19. The van der Waals surface area contributed by atoms with Crippen molar-refractivity contribution in [1.82, 2.24) is 0 Å². The summed E-state index contributed by atoms with van der Waals surface area (Å²) < 4.78 is 10.1. The summed E-state index contributed by atoms with van der Waals surface area (Å²) >= 11 is 0. The first-order valence-corrected chi connectivity index (χ1v) is 4.26. The SMILES string of the molecule is CCOC(=O)/C=C1\CC[C@H](C)O1. The van der Waals surface area contributed by atoms with Crippen LogP contribution in [0.2, 0.25) is 0 Å². The minimum atomic E-state index is -0.304. The Morgan fingerprint density at radius 3 is 3.08 bits per heavy atom. The molecule has 0 saturated carbocycles. The molecule has 1 aliphatic heterocycles. The molecule has 0 aromatic carbocycles. The Kier molecular flexibility index (Phi) is 3.14. The van der Waals surface area contributed by atoms with Crippen molar-refractivity contribution in [3.05, 3.63) is 11.8 Å². The quantitative estimate of drug-likeness (QED) is 0.466. The molecular formula is C9H14O3. The smallest absolute Gasteiger partial charge is 0.334 e. The molecule has 3 nitrogen and oxygen atoms in total. The summed E-state index contributed by atoms with van der Waals surface area (Å²) in [4.78, 5) is 10.9. The Morgan fingerprint density at radius 2 is 2.58 bits per heavy atom. The van der Waals surface area contributed by atoms with Crippen molar-refractivity contribution in [3.8, 4) is 0 Å². The summed E-state index contributed by atoms with van der Waals surface area (Å²) in [6, 6.07) is 0. The maximum atomic E-state index is 10.9. The third kappa shape index (κ3) is 2.57. The molecule has 1 atom stereocenters. The van der Waals surface area contributed by atoms with E-state index in [1.165, 1.54) is 6.08 Å². The summed E-state index contributed by atoms with van der Waals surface area (Å²) in [7, 11) is 0. The van der Waals surface area contributed by atoms with E-state index in [1.807, 2.05) is 6.92 Å². The molecule has 0 aromatic rings. The number of esters is 1. The predicted octanol–water partition coefficient (Wildman–Crippen LogP) is 1.63. The van der Waals surface area contributed by atoms with Crippen LogP contribution < -0.4 is 0 Å². The van der Waals surface area contributed by atoms with Gasteiger partial charge in [-0.3, -0.25) is 0 Å². The molecule has 1 fully saturated rings. The van der Waals surface area contributed by atoms with Gasteiger partial charge in [-0.25, -0.2) is 4.79 Å². The third-order valence-electron chi connectivity index (χ3n) is 1.72. The van der Waals surface area contributed by atoms with Gasteiger partial charge < -0.3 is 9.47 Å². The van der Waals surface area contributed by atoms with Crippen molar-refractivity contribution in [2.45, 2.75) is 32.8 Å². The van der Waals surface area contributed by atoms with Crippen LogP contribution >= 0.6 is 0 Å². The van der Waals surface area contributed by atoms with Crippen LogP contribution in [-0.4, -0.2) is 18.7 Å². The largest absolute Gasteiger partial charge is 0.495 e. The Morgan fingerprint density at radius 1 is 1.83 bits per heavy atom. The number of allylic oxidation sites excluding steroid dienone is 1. The summed E-state index contributed by atoms with van der Waals surface area (Å²) in [5, 5.41) is 0. The molecule has 0 radical (unpaired) electrons. The second kappa shape index (κ2) is 4.14. The zero-order valence-electron chi connectivity index (χ0n) is 7.50. The lowest BCUT2D eigenvalue weighted by Crippen LogP contribution is -2.01. The van der Waals surface area contributed by atoms with Crippen LogP contribution in [0.1, 0.15) is 26.7 Å². The lowest BCUT2D eigenvalue weighted by Gasteiger charge is -2.02. The van der Waals surface area contributed by atoms with E-state index < -0.39 is 0 Å². The van der Waals surface area contributed by atoms with Crippen molar-refractivity contribution in [2.75, 3.05) is 6.61 Å². The molecule has 0 bridgehead atoms. The fourth-order valence-electron chi connectivity index (χ4n) is 1.14. The van der Waals surface area contributed by atoms with Gasteiger partial charge in [0.1, 0.15) is 5.76 Å². The second-order valence-electron chi connectivity index (χ2n) is 2.83. The summed E-state index contributed by atoms with van der Waals surface area (Å²) in [5.41, 5.74) is 0. The van der Waals surface area contributed by atoms with Gasteiger partial charge in [-0.1, -0.05) is 0 Å². The topological polar surface area (TPSA) is 35.5 Å². The highest BCUT2D eigenvalue weighted by Crippen LogP contribution is 2.22. The van der Waals surface area contributed by atoms with Gasteiger partial charge in [0.25, 0.3) is 0 Å². The average molecular weight is 170 g/mol. The molecule has 0 aromatic heterocycles. The Hall–Kier alpha value is -0.990. The highest BCUT2D eigenvalue weighted by molar-refractivity contribution is 5.82. The van der Waals surface area contributed by atoms with Gasteiger partial charge in [0, 0.05) is 6.42 Å². The number of rotatable bonds is 2. The van der Waals surface area contributed by atoms with E-state index in [0.717, 1.165) is 18.6 Å². The van der Waals surface area contributed by atoms with E-state index >= 15 is 0 Å². The lowest BCUT2D eigenvalue weighted by atomic mass is 10.2. The maximum absolute atomic E-state index is 10.9. The van der Waals surface area contributed by atoms with Crippen LogP contribution in [0, 0.1) is 0 Å². The molecule has 0 N–H and O–H groups in total. The molecular weight excluding hydrogens is 156 g/mol. The highest BCUT2D eigenvalue weighted by Gasteiger charge is 2.16. The van der Waals surface area contributed by atoms with Crippen LogP contribution in [0.5, 0.6) is 0 Å². The molecule has 0 unspecified atom stereocenters. The average Bonchev–Trinajstić information content (AvgIpc) is 2.36. The molecule has 1 heterocycles. The molecule has 0 aliphatic carbocycles. The first kappa shape index (κ1) is 9.10.